The highest BCUT2D eigenvalue weighted by molar-refractivity contribution is 4.93. The van der Waals surface area contributed by atoms with Crippen molar-refractivity contribution in [2.75, 3.05) is 0 Å². The van der Waals surface area contributed by atoms with E-state index >= 15 is 0 Å². The summed E-state index contributed by atoms with van der Waals surface area (Å²) in [4.78, 5) is 0. The molecular weight excluding hydrogens is 184 g/mol. The zero-order valence-corrected chi connectivity index (χ0v) is 10.3. The molecule has 2 fully saturated rings. The van der Waals surface area contributed by atoms with Crippen molar-refractivity contribution < 1.29 is 5.11 Å². The van der Waals surface area contributed by atoms with E-state index in [1.807, 2.05) is 0 Å². The number of aliphatic hydroxyl groups excluding tert-OH is 1. The SMILES string of the molecule is CCCC(C)CC(O)C1CC2CCC1C2. The topological polar surface area (TPSA) is 20.2 Å². The molecule has 5 unspecified atom stereocenters. The first-order valence-electron chi connectivity index (χ1n) is 6.88. The van der Waals surface area contributed by atoms with Crippen LogP contribution in [0.15, 0.2) is 0 Å². The van der Waals surface area contributed by atoms with Crippen molar-refractivity contribution >= 4 is 0 Å². The van der Waals surface area contributed by atoms with E-state index in [9.17, 15) is 5.11 Å². The first kappa shape index (κ1) is 11.4. The van der Waals surface area contributed by atoms with Crippen LogP contribution in [0.2, 0.25) is 0 Å². The largest absolute Gasteiger partial charge is 0.393 e. The second kappa shape index (κ2) is 4.86. The normalized spacial score (nSPS) is 38.2. The van der Waals surface area contributed by atoms with Gasteiger partial charge < -0.3 is 5.11 Å². The predicted octanol–water partition coefficient (Wildman–Crippen LogP) is 3.61. The molecule has 2 bridgehead atoms. The Balaban J connectivity index is 1.78. The maximum absolute atomic E-state index is 10.3. The molecule has 88 valence electrons. The molecule has 0 amide bonds. The minimum Gasteiger partial charge on any atom is -0.393 e. The van der Waals surface area contributed by atoms with Crippen molar-refractivity contribution in [1.29, 1.82) is 0 Å². The van der Waals surface area contributed by atoms with Gasteiger partial charge in [-0.25, -0.2) is 0 Å². The highest BCUT2D eigenvalue weighted by Crippen LogP contribution is 2.50. The second-order valence-corrected chi connectivity index (χ2v) is 6.04. The third-order valence-corrected chi connectivity index (χ3v) is 4.71. The molecule has 0 aromatic rings. The van der Waals surface area contributed by atoms with Gasteiger partial charge in [0, 0.05) is 0 Å². The molecule has 1 N–H and O–H groups in total. The lowest BCUT2D eigenvalue weighted by molar-refractivity contribution is 0.0542. The fraction of sp³-hybridized carbons (Fsp3) is 1.00. The molecule has 0 heterocycles. The molecule has 2 saturated carbocycles. The van der Waals surface area contributed by atoms with Gasteiger partial charge in [0.05, 0.1) is 6.10 Å². The summed E-state index contributed by atoms with van der Waals surface area (Å²) in [5.74, 6) is 3.21. The predicted molar refractivity (Wildman–Crippen MR) is 63.6 cm³/mol. The van der Waals surface area contributed by atoms with E-state index in [4.69, 9.17) is 0 Å². The minimum atomic E-state index is 0.00171. The fourth-order valence-electron chi connectivity index (χ4n) is 3.96. The van der Waals surface area contributed by atoms with Crippen LogP contribution in [-0.4, -0.2) is 11.2 Å². The van der Waals surface area contributed by atoms with Gasteiger partial charge in [0.15, 0.2) is 0 Å². The summed E-state index contributed by atoms with van der Waals surface area (Å²) in [6.07, 6.45) is 9.16. The standard InChI is InChI=1S/C14H26O/c1-3-4-10(2)7-14(15)13-9-11-5-6-12(13)8-11/h10-15H,3-9H2,1-2H3. The molecule has 0 aromatic heterocycles. The minimum absolute atomic E-state index is 0.00171. The number of fused-ring (bicyclic) bond motifs is 2. The van der Waals surface area contributed by atoms with Crippen LogP contribution in [0, 0.1) is 23.7 Å². The first-order chi connectivity index (χ1) is 7.20. The summed E-state index contributed by atoms with van der Waals surface area (Å²) in [6, 6.07) is 0. The maximum atomic E-state index is 10.3. The van der Waals surface area contributed by atoms with Crippen molar-refractivity contribution in [3.8, 4) is 0 Å². The van der Waals surface area contributed by atoms with Gasteiger partial charge in [-0.05, 0) is 49.4 Å². The average molecular weight is 210 g/mol. The summed E-state index contributed by atoms with van der Waals surface area (Å²) in [6.45, 7) is 4.53. The molecule has 0 spiro atoms. The molecule has 15 heavy (non-hydrogen) atoms. The maximum Gasteiger partial charge on any atom is 0.0573 e. The lowest BCUT2D eigenvalue weighted by atomic mass is 9.81. The molecule has 2 aliphatic rings. The van der Waals surface area contributed by atoms with Crippen molar-refractivity contribution in [3.63, 3.8) is 0 Å². The Bertz CT molecular complexity index is 202. The number of hydrogen-bond acceptors (Lipinski definition) is 1. The van der Waals surface area contributed by atoms with E-state index in [0.717, 1.165) is 18.3 Å². The molecule has 2 rings (SSSR count). The molecule has 0 saturated heterocycles. The Morgan fingerprint density at radius 1 is 1.27 bits per heavy atom. The van der Waals surface area contributed by atoms with E-state index < -0.39 is 0 Å². The summed E-state index contributed by atoms with van der Waals surface area (Å²) in [5, 5.41) is 10.3. The summed E-state index contributed by atoms with van der Waals surface area (Å²) in [5.41, 5.74) is 0. The van der Waals surface area contributed by atoms with Crippen LogP contribution in [0.25, 0.3) is 0 Å². The third-order valence-electron chi connectivity index (χ3n) is 4.71. The smallest absolute Gasteiger partial charge is 0.0573 e. The molecule has 1 heteroatoms. The van der Waals surface area contributed by atoms with Crippen LogP contribution in [0.5, 0.6) is 0 Å². The Labute approximate surface area is 94.3 Å². The summed E-state index contributed by atoms with van der Waals surface area (Å²) >= 11 is 0. The van der Waals surface area contributed by atoms with Gasteiger partial charge in [-0.2, -0.15) is 0 Å². The number of hydrogen-bond donors (Lipinski definition) is 1. The quantitative estimate of drug-likeness (QED) is 0.735. The van der Waals surface area contributed by atoms with Crippen molar-refractivity contribution in [1.82, 2.24) is 0 Å². The van der Waals surface area contributed by atoms with Crippen LogP contribution in [0.1, 0.15) is 58.8 Å². The zero-order chi connectivity index (χ0) is 10.8. The second-order valence-electron chi connectivity index (χ2n) is 6.04. The Kier molecular flexibility index (Phi) is 3.71. The van der Waals surface area contributed by atoms with Gasteiger partial charge in [-0.1, -0.05) is 33.1 Å². The Morgan fingerprint density at radius 2 is 2.07 bits per heavy atom. The monoisotopic (exact) mass is 210 g/mol. The summed E-state index contributed by atoms with van der Waals surface area (Å²) < 4.78 is 0. The average Bonchev–Trinajstić information content (AvgIpc) is 2.78. The highest BCUT2D eigenvalue weighted by atomic mass is 16.3. The van der Waals surface area contributed by atoms with Crippen molar-refractivity contribution in [3.05, 3.63) is 0 Å². The van der Waals surface area contributed by atoms with Crippen LogP contribution in [0.3, 0.4) is 0 Å². The summed E-state index contributed by atoms with van der Waals surface area (Å²) in [7, 11) is 0. The van der Waals surface area contributed by atoms with Crippen LogP contribution < -0.4 is 0 Å². The van der Waals surface area contributed by atoms with Gasteiger partial charge in [0.2, 0.25) is 0 Å². The number of rotatable bonds is 5. The lowest BCUT2D eigenvalue weighted by Crippen LogP contribution is -2.27. The fourth-order valence-corrected chi connectivity index (χ4v) is 3.96. The number of aliphatic hydroxyl groups is 1. The van der Waals surface area contributed by atoms with E-state index in [2.05, 4.69) is 13.8 Å². The molecular formula is C14H26O. The molecule has 0 radical (unpaired) electrons. The van der Waals surface area contributed by atoms with Crippen LogP contribution in [0.4, 0.5) is 0 Å². The molecule has 0 aliphatic heterocycles. The third kappa shape index (κ3) is 2.55. The van der Waals surface area contributed by atoms with Gasteiger partial charge in [-0.3, -0.25) is 0 Å². The lowest BCUT2D eigenvalue weighted by Gasteiger charge is -2.28. The Hall–Kier alpha value is -0.0400. The van der Waals surface area contributed by atoms with Gasteiger partial charge >= 0.3 is 0 Å². The van der Waals surface area contributed by atoms with Gasteiger partial charge in [0.1, 0.15) is 0 Å². The molecule has 5 atom stereocenters. The van der Waals surface area contributed by atoms with E-state index in [1.165, 1.54) is 38.5 Å². The van der Waals surface area contributed by atoms with Crippen LogP contribution >= 0.6 is 0 Å². The molecule has 0 aromatic carbocycles. The van der Waals surface area contributed by atoms with E-state index in [1.54, 1.807) is 0 Å². The first-order valence-corrected chi connectivity index (χ1v) is 6.88. The van der Waals surface area contributed by atoms with Crippen LogP contribution in [-0.2, 0) is 0 Å². The zero-order valence-electron chi connectivity index (χ0n) is 10.3. The molecule has 2 aliphatic carbocycles. The Morgan fingerprint density at radius 3 is 2.60 bits per heavy atom. The highest BCUT2D eigenvalue weighted by Gasteiger charge is 2.42. The van der Waals surface area contributed by atoms with Crippen molar-refractivity contribution in [2.24, 2.45) is 23.7 Å². The molecule has 1 nitrogen and oxygen atoms in total. The van der Waals surface area contributed by atoms with E-state index in [-0.39, 0.29) is 6.10 Å². The van der Waals surface area contributed by atoms with Gasteiger partial charge in [0.25, 0.3) is 0 Å². The van der Waals surface area contributed by atoms with E-state index in [0.29, 0.717) is 11.8 Å². The van der Waals surface area contributed by atoms with Crippen molar-refractivity contribution in [2.45, 2.75) is 64.9 Å². The van der Waals surface area contributed by atoms with Gasteiger partial charge in [-0.15, -0.1) is 0 Å².